The Bertz CT molecular complexity index is 691. The summed E-state index contributed by atoms with van der Waals surface area (Å²) < 4.78 is 5.66. The van der Waals surface area contributed by atoms with Crippen molar-refractivity contribution in [3.63, 3.8) is 0 Å². The number of hydrogen-bond acceptors (Lipinski definition) is 4. The number of carbonyl (C=O) groups excluding carboxylic acids is 3. The molecule has 2 heterocycles. The number of imide groups is 1. The highest BCUT2D eigenvalue weighted by molar-refractivity contribution is 9.10. The van der Waals surface area contributed by atoms with E-state index in [0.717, 1.165) is 10.0 Å². The van der Waals surface area contributed by atoms with E-state index in [1.54, 1.807) is 17.0 Å². The number of benzene rings is 1. The van der Waals surface area contributed by atoms with E-state index in [1.165, 1.54) is 12.0 Å². The number of aryl methyl sites for hydroxylation is 1. The molecule has 0 saturated carbocycles. The minimum absolute atomic E-state index is 0.269. The van der Waals surface area contributed by atoms with Gasteiger partial charge in [-0.2, -0.15) is 0 Å². The first-order valence-corrected chi connectivity index (χ1v) is 8.22. The van der Waals surface area contributed by atoms with Crippen LogP contribution in [0.15, 0.2) is 22.7 Å². The monoisotopic (exact) mass is 380 g/mol. The van der Waals surface area contributed by atoms with Crippen molar-refractivity contribution >= 4 is 39.5 Å². The summed E-state index contributed by atoms with van der Waals surface area (Å²) >= 11 is 3.38. The Hall–Kier alpha value is -1.89. The minimum Gasteiger partial charge on any atom is -0.469 e. The molecule has 2 unspecified atom stereocenters. The maximum Gasteiger partial charge on any atom is 0.332 e. The number of anilines is 1. The molecule has 6 nitrogen and oxygen atoms in total. The van der Waals surface area contributed by atoms with Crippen LogP contribution in [0.25, 0.3) is 0 Å². The summed E-state index contributed by atoms with van der Waals surface area (Å²) in [6.45, 7) is 2.25. The highest BCUT2D eigenvalue weighted by Crippen LogP contribution is 2.35. The molecule has 3 rings (SSSR count). The summed E-state index contributed by atoms with van der Waals surface area (Å²) in [7, 11) is 1.34. The first kappa shape index (κ1) is 16.0. The van der Waals surface area contributed by atoms with E-state index < -0.39 is 6.04 Å². The van der Waals surface area contributed by atoms with E-state index in [9.17, 15) is 14.4 Å². The molecule has 0 spiro atoms. The van der Waals surface area contributed by atoms with Crippen molar-refractivity contribution in [1.29, 1.82) is 0 Å². The van der Waals surface area contributed by atoms with E-state index >= 15 is 0 Å². The number of urea groups is 1. The summed E-state index contributed by atoms with van der Waals surface area (Å²) in [6.07, 6.45) is 0.846. The van der Waals surface area contributed by atoms with Gasteiger partial charge in [0.25, 0.3) is 5.91 Å². The Morgan fingerprint density at radius 3 is 2.74 bits per heavy atom. The number of fused-ring (bicyclic) bond motifs is 1. The van der Waals surface area contributed by atoms with Crippen molar-refractivity contribution in [3.05, 3.63) is 28.2 Å². The summed E-state index contributed by atoms with van der Waals surface area (Å²) in [4.78, 5) is 39.9. The smallest absolute Gasteiger partial charge is 0.332 e. The molecule has 1 aromatic rings. The van der Waals surface area contributed by atoms with Gasteiger partial charge in [0, 0.05) is 11.0 Å². The van der Waals surface area contributed by atoms with Crippen molar-refractivity contribution in [1.82, 2.24) is 4.90 Å². The molecule has 2 aliphatic rings. The Balaban J connectivity index is 1.90. The molecule has 0 aliphatic carbocycles. The third-order valence-electron chi connectivity index (χ3n) is 4.48. The minimum atomic E-state index is -0.580. The fourth-order valence-corrected chi connectivity index (χ4v) is 3.75. The van der Waals surface area contributed by atoms with Crippen molar-refractivity contribution in [2.24, 2.45) is 5.92 Å². The number of esters is 1. The molecule has 0 radical (unpaired) electrons. The number of ether oxygens (including phenoxy) is 1. The molecule has 0 N–H and O–H groups in total. The van der Waals surface area contributed by atoms with Crippen molar-refractivity contribution in [2.45, 2.75) is 25.8 Å². The molecule has 2 aliphatic heterocycles. The molecular formula is C16H17BrN2O4. The van der Waals surface area contributed by atoms with Crippen LogP contribution >= 0.6 is 15.9 Å². The number of methoxy groups -OCH3 is 1. The van der Waals surface area contributed by atoms with Gasteiger partial charge in [0.15, 0.2) is 0 Å². The molecule has 3 amide bonds. The molecule has 122 valence electrons. The lowest BCUT2D eigenvalue weighted by molar-refractivity contribution is -0.147. The molecule has 7 heteroatoms. The zero-order valence-corrected chi connectivity index (χ0v) is 14.5. The zero-order chi connectivity index (χ0) is 16.7. The lowest BCUT2D eigenvalue weighted by Gasteiger charge is -2.30. The Kier molecular flexibility index (Phi) is 4.14. The second-order valence-corrected chi connectivity index (χ2v) is 6.76. The topological polar surface area (TPSA) is 66.9 Å². The highest BCUT2D eigenvalue weighted by Gasteiger charge is 2.50. The lowest BCUT2D eigenvalue weighted by Crippen LogP contribution is -2.44. The molecule has 0 aromatic heterocycles. The van der Waals surface area contributed by atoms with Crippen molar-refractivity contribution in [2.75, 3.05) is 18.6 Å². The van der Waals surface area contributed by atoms with Crippen LogP contribution in [-0.2, 0) is 14.3 Å². The van der Waals surface area contributed by atoms with Gasteiger partial charge < -0.3 is 9.64 Å². The number of nitrogens with zero attached hydrogens (tertiary/aromatic N) is 2. The average Bonchev–Trinajstić information content (AvgIpc) is 2.78. The van der Waals surface area contributed by atoms with Gasteiger partial charge in [-0.05, 0) is 43.5 Å². The maximum absolute atomic E-state index is 12.7. The second kappa shape index (κ2) is 5.96. The van der Waals surface area contributed by atoms with Crippen molar-refractivity contribution < 1.29 is 19.1 Å². The quantitative estimate of drug-likeness (QED) is 0.583. The highest BCUT2D eigenvalue weighted by atomic mass is 79.9. The molecule has 2 atom stereocenters. The van der Waals surface area contributed by atoms with Crippen LogP contribution in [0.1, 0.15) is 18.4 Å². The van der Waals surface area contributed by atoms with Crippen LogP contribution in [0.5, 0.6) is 0 Å². The summed E-state index contributed by atoms with van der Waals surface area (Å²) in [5, 5.41) is 0. The molecule has 2 saturated heterocycles. The van der Waals surface area contributed by atoms with Gasteiger partial charge in [-0.15, -0.1) is 0 Å². The fourth-order valence-electron chi connectivity index (χ4n) is 3.27. The standard InChI is InChI=1S/C16H17BrN2O4/c1-9-7-11(17)3-4-12(9)19-14(20)13-8-10(15(21)23-2)5-6-18(13)16(19)22/h3-4,7,10,13H,5-6,8H2,1-2H3. The SMILES string of the molecule is COC(=O)C1CCN2C(=O)N(c3ccc(Br)cc3C)C(=O)C2C1. The predicted octanol–water partition coefficient (Wildman–Crippen LogP) is 2.48. The largest absolute Gasteiger partial charge is 0.469 e. The van der Waals surface area contributed by atoms with Crippen LogP contribution < -0.4 is 4.90 Å². The van der Waals surface area contributed by atoms with Gasteiger partial charge in [-0.3, -0.25) is 9.59 Å². The van der Waals surface area contributed by atoms with E-state index in [4.69, 9.17) is 4.74 Å². The van der Waals surface area contributed by atoms with Crippen LogP contribution in [0, 0.1) is 12.8 Å². The van der Waals surface area contributed by atoms with Gasteiger partial charge in [-0.1, -0.05) is 15.9 Å². The maximum atomic E-state index is 12.7. The number of halogens is 1. The van der Waals surface area contributed by atoms with Crippen LogP contribution in [0.4, 0.5) is 10.5 Å². The number of piperidine rings is 1. The first-order chi connectivity index (χ1) is 10.9. The third-order valence-corrected chi connectivity index (χ3v) is 4.97. The van der Waals surface area contributed by atoms with E-state index in [1.807, 2.05) is 13.0 Å². The molecule has 1 aromatic carbocycles. The number of carbonyl (C=O) groups is 3. The number of amides is 3. The average molecular weight is 381 g/mol. The Labute approximate surface area is 142 Å². The van der Waals surface area contributed by atoms with Gasteiger partial charge >= 0.3 is 12.0 Å². The number of rotatable bonds is 2. The van der Waals surface area contributed by atoms with Gasteiger partial charge in [0.2, 0.25) is 0 Å². The molecule has 23 heavy (non-hydrogen) atoms. The van der Waals surface area contributed by atoms with Crippen molar-refractivity contribution in [3.8, 4) is 0 Å². The van der Waals surface area contributed by atoms with Gasteiger partial charge in [0.05, 0.1) is 18.7 Å². The summed E-state index contributed by atoms with van der Waals surface area (Å²) in [5.74, 6) is -0.916. The van der Waals surface area contributed by atoms with Crippen LogP contribution in [0.2, 0.25) is 0 Å². The van der Waals surface area contributed by atoms with E-state index in [2.05, 4.69) is 15.9 Å². The Morgan fingerprint density at radius 1 is 1.35 bits per heavy atom. The number of hydrogen-bond donors (Lipinski definition) is 0. The molecular weight excluding hydrogens is 364 g/mol. The van der Waals surface area contributed by atoms with Crippen LogP contribution in [-0.4, -0.2) is 42.5 Å². The van der Waals surface area contributed by atoms with E-state index in [0.29, 0.717) is 25.1 Å². The second-order valence-electron chi connectivity index (χ2n) is 5.84. The normalized spacial score (nSPS) is 24.0. The summed E-state index contributed by atoms with van der Waals surface area (Å²) in [6, 6.07) is 4.53. The molecule has 0 bridgehead atoms. The zero-order valence-electron chi connectivity index (χ0n) is 12.9. The summed E-state index contributed by atoms with van der Waals surface area (Å²) in [5.41, 5.74) is 1.43. The van der Waals surface area contributed by atoms with Crippen LogP contribution in [0.3, 0.4) is 0 Å². The molecule has 2 fully saturated rings. The van der Waals surface area contributed by atoms with E-state index in [-0.39, 0.29) is 23.8 Å². The predicted molar refractivity (Wildman–Crippen MR) is 87.0 cm³/mol. The fraction of sp³-hybridized carbons (Fsp3) is 0.438. The Morgan fingerprint density at radius 2 is 2.09 bits per heavy atom. The lowest BCUT2D eigenvalue weighted by atomic mass is 9.91. The third kappa shape index (κ3) is 2.63. The van der Waals surface area contributed by atoms with Gasteiger partial charge in [-0.25, -0.2) is 9.69 Å². The van der Waals surface area contributed by atoms with Gasteiger partial charge in [0.1, 0.15) is 6.04 Å². The first-order valence-electron chi connectivity index (χ1n) is 7.42.